The van der Waals surface area contributed by atoms with Gasteiger partial charge >= 0.3 is 0 Å². The van der Waals surface area contributed by atoms with Gasteiger partial charge in [-0.1, -0.05) is 0 Å². The lowest BCUT2D eigenvalue weighted by Gasteiger charge is -2.08. The van der Waals surface area contributed by atoms with Gasteiger partial charge in [-0.25, -0.2) is 17.2 Å². The van der Waals surface area contributed by atoms with E-state index in [0.717, 1.165) is 17.4 Å². The summed E-state index contributed by atoms with van der Waals surface area (Å²) >= 11 is 4.09. The van der Waals surface area contributed by atoms with Crippen molar-refractivity contribution in [2.75, 3.05) is 10.5 Å². The van der Waals surface area contributed by atoms with Crippen molar-refractivity contribution in [3.05, 3.63) is 39.7 Å². The van der Waals surface area contributed by atoms with Crippen LogP contribution < -0.4 is 10.5 Å². The van der Waals surface area contributed by atoms with E-state index in [-0.39, 0.29) is 9.90 Å². The van der Waals surface area contributed by atoms with Crippen molar-refractivity contribution in [3.8, 4) is 0 Å². The second-order valence-corrected chi connectivity index (χ2v) is 7.89. The number of benzene rings is 1. The van der Waals surface area contributed by atoms with Gasteiger partial charge in [-0.2, -0.15) is 0 Å². The fourth-order valence-electron chi connectivity index (χ4n) is 1.28. The zero-order valence-corrected chi connectivity index (χ0v) is 12.4. The van der Waals surface area contributed by atoms with Crippen molar-refractivity contribution in [2.45, 2.75) is 4.21 Å². The monoisotopic (exact) mass is 368 g/mol. The number of anilines is 2. The van der Waals surface area contributed by atoms with Crippen LogP contribution in [-0.2, 0) is 10.0 Å². The fraction of sp³-hybridized carbons (Fsp3) is 0. The third kappa shape index (κ3) is 3.04. The highest BCUT2D eigenvalue weighted by atomic mass is 79.9. The lowest BCUT2D eigenvalue weighted by atomic mass is 10.2. The minimum atomic E-state index is -3.92. The van der Waals surface area contributed by atoms with Crippen LogP contribution in [0.5, 0.6) is 0 Å². The largest absolute Gasteiger partial charge is 0.396 e. The SMILES string of the molecule is Nc1cc(NS(=O)(=O)c2ccc(Br)s2)c(F)cc1F. The maximum atomic E-state index is 13.5. The summed E-state index contributed by atoms with van der Waals surface area (Å²) in [6.07, 6.45) is 0. The van der Waals surface area contributed by atoms with Gasteiger partial charge in [0.05, 0.1) is 15.2 Å². The summed E-state index contributed by atoms with van der Waals surface area (Å²) in [6.45, 7) is 0. The van der Waals surface area contributed by atoms with Crippen LogP contribution in [0.1, 0.15) is 0 Å². The maximum Gasteiger partial charge on any atom is 0.271 e. The molecule has 0 amide bonds. The molecule has 0 bridgehead atoms. The summed E-state index contributed by atoms with van der Waals surface area (Å²) in [5.41, 5.74) is 4.53. The van der Waals surface area contributed by atoms with Crippen molar-refractivity contribution in [3.63, 3.8) is 0 Å². The summed E-state index contributed by atoms with van der Waals surface area (Å²) in [5.74, 6) is -1.98. The number of rotatable bonds is 3. The minimum absolute atomic E-state index is 0.00155. The van der Waals surface area contributed by atoms with Crippen molar-refractivity contribution >= 4 is 48.7 Å². The summed E-state index contributed by atoms with van der Waals surface area (Å²) in [5, 5.41) is 0. The first kappa shape index (κ1) is 14.2. The predicted octanol–water partition coefficient (Wildman–Crippen LogP) is 3.17. The average molecular weight is 369 g/mol. The molecule has 0 radical (unpaired) electrons. The minimum Gasteiger partial charge on any atom is -0.396 e. The van der Waals surface area contributed by atoms with E-state index in [1.165, 1.54) is 6.07 Å². The van der Waals surface area contributed by atoms with Crippen molar-refractivity contribution in [2.24, 2.45) is 0 Å². The number of hydrogen-bond donors (Lipinski definition) is 2. The number of nitrogens with two attached hydrogens (primary N) is 1. The Balaban J connectivity index is 2.38. The van der Waals surface area contributed by atoms with E-state index in [4.69, 9.17) is 5.73 Å². The molecule has 2 aromatic rings. The van der Waals surface area contributed by atoms with Crippen molar-refractivity contribution < 1.29 is 17.2 Å². The third-order valence-corrected chi connectivity index (χ3v) is 5.63. The van der Waals surface area contributed by atoms with Gasteiger partial charge in [0.1, 0.15) is 15.8 Å². The zero-order chi connectivity index (χ0) is 14.2. The lowest BCUT2D eigenvalue weighted by molar-refractivity contribution is 0.585. The molecule has 1 aromatic heterocycles. The van der Waals surface area contributed by atoms with Gasteiger partial charge in [-0.05, 0) is 34.1 Å². The van der Waals surface area contributed by atoms with Gasteiger partial charge in [-0.15, -0.1) is 11.3 Å². The number of thiophene rings is 1. The Labute approximate surface area is 120 Å². The Morgan fingerprint density at radius 3 is 2.47 bits per heavy atom. The van der Waals surface area contributed by atoms with E-state index in [2.05, 4.69) is 15.9 Å². The van der Waals surface area contributed by atoms with E-state index in [1.807, 2.05) is 4.72 Å². The van der Waals surface area contributed by atoms with Crippen LogP contribution in [0.3, 0.4) is 0 Å². The molecular weight excluding hydrogens is 362 g/mol. The second-order valence-electron chi connectivity index (χ2n) is 3.52. The Morgan fingerprint density at radius 1 is 1.21 bits per heavy atom. The molecule has 0 saturated carbocycles. The Bertz CT molecular complexity index is 731. The Hall–Kier alpha value is -1.19. The second kappa shape index (κ2) is 5.06. The Morgan fingerprint density at radius 2 is 1.89 bits per heavy atom. The molecule has 0 unspecified atom stereocenters. The van der Waals surface area contributed by atoms with Crippen LogP contribution in [0.2, 0.25) is 0 Å². The van der Waals surface area contributed by atoms with E-state index in [0.29, 0.717) is 9.85 Å². The first-order valence-corrected chi connectivity index (χ1v) is 7.91. The van der Waals surface area contributed by atoms with Crippen LogP contribution in [0.4, 0.5) is 20.2 Å². The summed E-state index contributed by atoms with van der Waals surface area (Å²) in [7, 11) is -3.92. The third-order valence-electron chi connectivity index (χ3n) is 2.14. The number of halogens is 3. The molecule has 0 saturated heterocycles. The molecule has 0 aliphatic heterocycles. The zero-order valence-electron chi connectivity index (χ0n) is 9.15. The van der Waals surface area contributed by atoms with Crippen LogP contribution in [-0.4, -0.2) is 8.42 Å². The van der Waals surface area contributed by atoms with Crippen LogP contribution in [0, 0.1) is 11.6 Å². The van der Waals surface area contributed by atoms with E-state index >= 15 is 0 Å². The molecule has 1 heterocycles. The van der Waals surface area contributed by atoms with E-state index in [1.54, 1.807) is 6.07 Å². The molecule has 19 heavy (non-hydrogen) atoms. The van der Waals surface area contributed by atoms with Gasteiger partial charge in [0.2, 0.25) is 0 Å². The molecular formula is C10H7BrF2N2O2S2. The molecule has 0 spiro atoms. The quantitative estimate of drug-likeness (QED) is 0.817. The number of sulfonamides is 1. The smallest absolute Gasteiger partial charge is 0.271 e. The van der Waals surface area contributed by atoms with Crippen LogP contribution in [0.25, 0.3) is 0 Å². The Kier molecular flexibility index (Phi) is 3.79. The molecule has 102 valence electrons. The summed E-state index contributed by atoms with van der Waals surface area (Å²) in [6, 6.07) is 4.33. The molecule has 3 N–H and O–H groups in total. The molecule has 4 nitrogen and oxygen atoms in total. The van der Waals surface area contributed by atoms with Gasteiger partial charge in [0.15, 0.2) is 0 Å². The van der Waals surface area contributed by atoms with Crippen LogP contribution in [0.15, 0.2) is 32.3 Å². The number of nitrogens with one attached hydrogen (secondary N) is 1. The molecule has 9 heteroatoms. The van der Waals surface area contributed by atoms with Gasteiger partial charge in [0, 0.05) is 6.07 Å². The predicted molar refractivity (Wildman–Crippen MR) is 73.6 cm³/mol. The van der Waals surface area contributed by atoms with E-state index in [9.17, 15) is 17.2 Å². The summed E-state index contributed by atoms with van der Waals surface area (Å²) < 4.78 is 53.0. The summed E-state index contributed by atoms with van der Waals surface area (Å²) in [4.78, 5) is 0. The highest BCUT2D eigenvalue weighted by Crippen LogP contribution is 2.29. The molecule has 0 aliphatic rings. The molecule has 1 aromatic carbocycles. The first-order chi connectivity index (χ1) is 8.79. The normalized spacial score (nSPS) is 11.5. The molecule has 0 aliphatic carbocycles. The van der Waals surface area contributed by atoms with Crippen molar-refractivity contribution in [1.29, 1.82) is 0 Å². The average Bonchev–Trinajstić information content (AvgIpc) is 2.73. The van der Waals surface area contributed by atoms with Crippen molar-refractivity contribution in [1.82, 2.24) is 0 Å². The highest BCUT2D eigenvalue weighted by Gasteiger charge is 2.19. The maximum absolute atomic E-state index is 13.5. The van der Waals surface area contributed by atoms with Crippen LogP contribution >= 0.6 is 27.3 Å². The fourth-order valence-corrected chi connectivity index (χ4v) is 4.35. The number of nitrogen functional groups attached to an aromatic ring is 1. The lowest BCUT2D eigenvalue weighted by Crippen LogP contribution is -2.13. The molecule has 2 rings (SSSR count). The van der Waals surface area contributed by atoms with Gasteiger partial charge in [-0.3, -0.25) is 4.72 Å². The molecule has 0 fully saturated rings. The van der Waals surface area contributed by atoms with Gasteiger partial charge in [0.25, 0.3) is 10.0 Å². The molecule has 0 atom stereocenters. The number of hydrogen-bond acceptors (Lipinski definition) is 4. The topological polar surface area (TPSA) is 72.2 Å². The highest BCUT2D eigenvalue weighted by molar-refractivity contribution is 9.11. The standard InChI is InChI=1S/C10H7BrF2N2O2S2/c11-9-1-2-10(18-9)19(16,17)15-8-4-7(14)5(12)3-6(8)13/h1-4,15H,14H2. The van der Waals surface area contributed by atoms with Gasteiger partial charge < -0.3 is 5.73 Å². The first-order valence-electron chi connectivity index (χ1n) is 4.82. The van der Waals surface area contributed by atoms with E-state index < -0.39 is 27.3 Å².